The summed E-state index contributed by atoms with van der Waals surface area (Å²) in [7, 11) is 1.30. The van der Waals surface area contributed by atoms with Crippen molar-refractivity contribution in [2.24, 2.45) is 0 Å². The summed E-state index contributed by atoms with van der Waals surface area (Å²) < 4.78 is 23.3. The first-order valence-electron chi connectivity index (χ1n) is 9.60. The van der Waals surface area contributed by atoms with Gasteiger partial charge in [0.25, 0.3) is 5.91 Å². The molecule has 1 N–H and O–H groups in total. The van der Waals surface area contributed by atoms with Gasteiger partial charge in [0.2, 0.25) is 5.91 Å². The van der Waals surface area contributed by atoms with Crippen LogP contribution in [0.15, 0.2) is 42.5 Å². The average Bonchev–Trinajstić information content (AvgIpc) is 3.21. The van der Waals surface area contributed by atoms with Crippen LogP contribution in [-0.2, 0) is 14.3 Å². The van der Waals surface area contributed by atoms with Gasteiger partial charge in [0, 0.05) is 29.8 Å². The molecular weight excluding hydrogens is 407 g/mol. The molecule has 9 heteroatoms. The van der Waals surface area contributed by atoms with E-state index in [9.17, 15) is 23.6 Å². The highest BCUT2D eigenvalue weighted by molar-refractivity contribution is 5.99. The Hall–Kier alpha value is -3.75. The van der Waals surface area contributed by atoms with Crippen LogP contribution in [0.5, 0.6) is 5.75 Å². The van der Waals surface area contributed by atoms with Crippen molar-refractivity contribution in [2.75, 3.05) is 31.7 Å². The van der Waals surface area contributed by atoms with Crippen molar-refractivity contribution in [3.63, 3.8) is 0 Å². The summed E-state index contributed by atoms with van der Waals surface area (Å²) in [5.41, 5.74) is 1.06. The third-order valence-corrected chi connectivity index (χ3v) is 4.75. The van der Waals surface area contributed by atoms with Crippen molar-refractivity contribution in [2.45, 2.75) is 12.8 Å². The second-order valence-corrected chi connectivity index (χ2v) is 6.81. The Bertz CT molecular complexity index is 1010. The minimum absolute atomic E-state index is 0.00341. The van der Waals surface area contributed by atoms with Crippen LogP contribution in [-0.4, -0.2) is 50.4 Å². The maximum Gasteiger partial charge on any atom is 0.325 e. The van der Waals surface area contributed by atoms with Crippen LogP contribution < -0.4 is 15.0 Å². The molecule has 1 heterocycles. The SMILES string of the molecule is COc1ccc(C(=O)COC(=O)CNC(=O)c2ccc(N3CCCC3=O)cc2)cc1F. The highest BCUT2D eigenvalue weighted by Gasteiger charge is 2.21. The number of nitrogens with one attached hydrogen (secondary N) is 1. The smallest absolute Gasteiger partial charge is 0.325 e. The molecule has 1 fully saturated rings. The van der Waals surface area contributed by atoms with Crippen LogP contribution in [0.2, 0.25) is 0 Å². The predicted octanol–water partition coefficient (Wildman–Crippen LogP) is 2.12. The van der Waals surface area contributed by atoms with Gasteiger partial charge >= 0.3 is 5.97 Å². The number of carbonyl (C=O) groups is 4. The lowest BCUT2D eigenvalue weighted by atomic mass is 10.1. The lowest BCUT2D eigenvalue weighted by molar-refractivity contribution is -0.141. The van der Waals surface area contributed by atoms with Gasteiger partial charge in [-0.1, -0.05) is 0 Å². The number of Topliss-reactive ketones (excluding diaryl/α,β-unsaturated/α-hetero) is 1. The van der Waals surface area contributed by atoms with Gasteiger partial charge in [0.15, 0.2) is 24.0 Å². The number of methoxy groups -OCH3 is 1. The molecule has 0 aromatic heterocycles. The summed E-state index contributed by atoms with van der Waals surface area (Å²) in [4.78, 5) is 49.4. The zero-order valence-electron chi connectivity index (χ0n) is 16.9. The first-order chi connectivity index (χ1) is 14.9. The van der Waals surface area contributed by atoms with Crippen LogP contribution in [0.25, 0.3) is 0 Å². The molecular formula is C22H21FN2O6. The second kappa shape index (κ2) is 9.84. The van der Waals surface area contributed by atoms with Gasteiger partial charge in [-0.05, 0) is 48.9 Å². The maximum absolute atomic E-state index is 13.7. The van der Waals surface area contributed by atoms with Crippen molar-refractivity contribution < 1.29 is 33.0 Å². The summed E-state index contributed by atoms with van der Waals surface area (Å²) in [5.74, 6) is -2.56. The van der Waals surface area contributed by atoms with E-state index in [1.165, 1.54) is 19.2 Å². The fourth-order valence-corrected chi connectivity index (χ4v) is 3.09. The fourth-order valence-electron chi connectivity index (χ4n) is 3.09. The molecule has 0 spiro atoms. The third-order valence-electron chi connectivity index (χ3n) is 4.75. The number of hydrogen-bond donors (Lipinski definition) is 1. The van der Waals surface area contributed by atoms with E-state index < -0.39 is 36.6 Å². The van der Waals surface area contributed by atoms with Crippen molar-refractivity contribution in [1.29, 1.82) is 0 Å². The molecule has 2 aromatic carbocycles. The number of halogens is 1. The standard InChI is InChI=1S/C22H21FN2O6/c1-30-19-9-6-15(11-17(19)23)18(26)13-31-21(28)12-24-22(29)14-4-7-16(8-5-14)25-10-2-3-20(25)27/h4-9,11H,2-3,10,12-13H2,1H3,(H,24,29). The topological polar surface area (TPSA) is 102 Å². The van der Waals surface area contributed by atoms with Crippen molar-refractivity contribution in [3.8, 4) is 5.75 Å². The monoisotopic (exact) mass is 428 g/mol. The van der Waals surface area contributed by atoms with E-state index in [2.05, 4.69) is 5.32 Å². The molecule has 0 radical (unpaired) electrons. The van der Waals surface area contributed by atoms with Crippen LogP contribution in [0.1, 0.15) is 33.6 Å². The number of benzene rings is 2. The lowest BCUT2D eigenvalue weighted by Crippen LogP contribution is -2.31. The number of ketones is 1. The fraction of sp³-hybridized carbons (Fsp3) is 0.273. The first-order valence-corrected chi connectivity index (χ1v) is 9.60. The van der Waals surface area contributed by atoms with Crippen molar-refractivity contribution in [1.82, 2.24) is 5.32 Å². The van der Waals surface area contributed by atoms with Gasteiger partial charge in [-0.2, -0.15) is 0 Å². The van der Waals surface area contributed by atoms with Crippen LogP contribution in [0.3, 0.4) is 0 Å². The van der Waals surface area contributed by atoms with Gasteiger partial charge in [-0.3, -0.25) is 19.2 Å². The molecule has 1 aliphatic rings. The molecule has 0 aliphatic carbocycles. The van der Waals surface area contributed by atoms with Crippen LogP contribution in [0.4, 0.5) is 10.1 Å². The second-order valence-electron chi connectivity index (χ2n) is 6.81. The number of carbonyl (C=O) groups excluding carboxylic acids is 4. The Morgan fingerprint density at radius 2 is 1.81 bits per heavy atom. The summed E-state index contributed by atoms with van der Waals surface area (Å²) in [6, 6.07) is 10.1. The molecule has 1 saturated heterocycles. The molecule has 2 aromatic rings. The quantitative estimate of drug-likeness (QED) is 0.511. The largest absolute Gasteiger partial charge is 0.494 e. The number of amides is 2. The number of nitrogens with zero attached hydrogens (tertiary/aromatic N) is 1. The Morgan fingerprint density at radius 1 is 1.10 bits per heavy atom. The molecule has 8 nitrogen and oxygen atoms in total. The highest BCUT2D eigenvalue weighted by atomic mass is 19.1. The van der Waals surface area contributed by atoms with E-state index in [0.29, 0.717) is 24.2 Å². The van der Waals surface area contributed by atoms with E-state index in [1.807, 2.05) is 0 Å². The van der Waals surface area contributed by atoms with Crippen LogP contribution >= 0.6 is 0 Å². The van der Waals surface area contributed by atoms with Gasteiger partial charge in [0.1, 0.15) is 6.54 Å². The minimum atomic E-state index is -0.810. The minimum Gasteiger partial charge on any atom is -0.494 e. The number of anilines is 1. The Morgan fingerprint density at radius 3 is 2.42 bits per heavy atom. The normalized spacial score (nSPS) is 13.1. The van der Waals surface area contributed by atoms with E-state index in [-0.39, 0.29) is 17.2 Å². The molecule has 3 rings (SSSR count). The van der Waals surface area contributed by atoms with E-state index in [4.69, 9.17) is 9.47 Å². The molecule has 0 bridgehead atoms. The number of esters is 1. The summed E-state index contributed by atoms with van der Waals surface area (Å²) in [5, 5.41) is 2.40. The Labute approximate surface area is 177 Å². The molecule has 1 aliphatic heterocycles. The first kappa shape index (κ1) is 21.9. The number of ether oxygens (including phenoxy) is 2. The number of hydrogen-bond acceptors (Lipinski definition) is 6. The molecule has 0 unspecified atom stereocenters. The summed E-state index contributed by atoms with van der Waals surface area (Å²) in [6.07, 6.45) is 1.32. The van der Waals surface area contributed by atoms with Gasteiger partial charge < -0.3 is 19.7 Å². The summed E-state index contributed by atoms with van der Waals surface area (Å²) in [6.45, 7) is -0.368. The van der Waals surface area contributed by atoms with E-state index >= 15 is 0 Å². The summed E-state index contributed by atoms with van der Waals surface area (Å²) >= 11 is 0. The zero-order chi connectivity index (χ0) is 22.4. The van der Waals surface area contributed by atoms with Crippen molar-refractivity contribution in [3.05, 3.63) is 59.4 Å². The van der Waals surface area contributed by atoms with E-state index in [0.717, 1.165) is 12.5 Å². The van der Waals surface area contributed by atoms with Crippen LogP contribution in [0, 0.1) is 5.82 Å². The van der Waals surface area contributed by atoms with Crippen molar-refractivity contribution >= 4 is 29.3 Å². The average molecular weight is 428 g/mol. The molecule has 31 heavy (non-hydrogen) atoms. The van der Waals surface area contributed by atoms with Gasteiger partial charge in [0.05, 0.1) is 7.11 Å². The predicted molar refractivity (Wildman–Crippen MR) is 109 cm³/mol. The molecule has 0 saturated carbocycles. The molecule has 162 valence electrons. The Kier molecular flexibility index (Phi) is 6.96. The highest BCUT2D eigenvalue weighted by Crippen LogP contribution is 2.21. The molecule has 2 amide bonds. The number of rotatable bonds is 8. The lowest BCUT2D eigenvalue weighted by Gasteiger charge is -2.15. The molecule has 0 atom stereocenters. The third kappa shape index (κ3) is 5.44. The Balaban J connectivity index is 1.45. The van der Waals surface area contributed by atoms with Gasteiger partial charge in [-0.25, -0.2) is 4.39 Å². The van der Waals surface area contributed by atoms with Gasteiger partial charge in [-0.15, -0.1) is 0 Å². The maximum atomic E-state index is 13.7. The zero-order valence-corrected chi connectivity index (χ0v) is 16.9. The van der Waals surface area contributed by atoms with E-state index in [1.54, 1.807) is 29.2 Å².